The lowest BCUT2D eigenvalue weighted by Gasteiger charge is -2.03. The number of unbranched alkanes of at least 4 members (excludes halogenated alkanes) is 2. The van der Waals surface area contributed by atoms with E-state index in [1.54, 1.807) is 6.92 Å². The Balaban J connectivity index is 0. The predicted octanol–water partition coefficient (Wildman–Crippen LogP) is 2.71. The largest absolute Gasteiger partial charge is 0.481 e. The molecule has 0 aromatic rings. The van der Waals surface area contributed by atoms with E-state index >= 15 is 0 Å². The van der Waals surface area contributed by atoms with Crippen LogP contribution in [0.3, 0.4) is 0 Å². The summed E-state index contributed by atoms with van der Waals surface area (Å²) in [7, 11) is 0. The summed E-state index contributed by atoms with van der Waals surface area (Å²) in [6.45, 7) is 3.88. The number of carboxylic acids is 1. The van der Waals surface area contributed by atoms with Gasteiger partial charge in [0.05, 0.1) is 5.92 Å². The number of rotatable bonds is 5. The minimum absolute atomic E-state index is 0. The van der Waals surface area contributed by atoms with Crippen LogP contribution in [0.4, 0.5) is 0 Å². The molecule has 0 aliphatic carbocycles. The highest BCUT2D eigenvalue weighted by Gasteiger charge is 2.08. The Morgan fingerprint density at radius 2 is 2.00 bits per heavy atom. The molecule has 0 spiro atoms. The summed E-state index contributed by atoms with van der Waals surface area (Å²) in [4.78, 5) is 10.3. The quantitative estimate of drug-likeness (QED) is 0.661. The highest BCUT2D eigenvalue weighted by Crippen LogP contribution is 2.08. The average molecular weight is 181 g/mol. The monoisotopic (exact) mass is 180 g/mol. The third-order valence-corrected chi connectivity index (χ3v) is 1.66. The maximum atomic E-state index is 10.3. The third kappa shape index (κ3) is 7.66. The molecule has 0 aliphatic heterocycles. The molecule has 1 atom stereocenters. The Hall–Kier alpha value is -0.240. The van der Waals surface area contributed by atoms with Crippen LogP contribution in [0.1, 0.15) is 39.5 Å². The molecular weight excluding hydrogens is 164 g/mol. The van der Waals surface area contributed by atoms with Crippen molar-refractivity contribution in [2.24, 2.45) is 5.92 Å². The van der Waals surface area contributed by atoms with Gasteiger partial charge in [-0.05, 0) is 6.42 Å². The van der Waals surface area contributed by atoms with Gasteiger partial charge < -0.3 is 5.11 Å². The highest BCUT2D eigenvalue weighted by molar-refractivity contribution is 5.85. The van der Waals surface area contributed by atoms with Gasteiger partial charge in [0.2, 0.25) is 0 Å². The van der Waals surface area contributed by atoms with Crippen molar-refractivity contribution in [1.82, 2.24) is 0 Å². The van der Waals surface area contributed by atoms with Crippen LogP contribution in [0.5, 0.6) is 0 Å². The summed E-state index contributed by atoms with van der Waals surface area (Å²) in [5.41, 5.74) is 0. The SMILES string of the molecule is CCCCCC(C)C(=O)O.Cl. The van der Waals surface area contributed by atoms with Crippen molar-refractivity contribution in [1.29, 1.82) is 0 Å². The molecule has 0 fully saturated rings. The molecule has 3 heteroatoms. The molecule has 11 heavy (non-hydrogen) atoms. The van der Waals surface area contributed by atoms with Crippen LogP contribution in [-0.2, 0) is 4.79 Å². The van der Waals surface area contributed by atoms with Crippen molar-refractivity contribution in [2.45, 2.75) is 39.5 Å². The van der Waals surface area contributed by atoms with Crippen molar-refractivity contribution in [3.63, 3.8) is 0 Å². The van der Waals surface area contributed by atoms with Crippen molar-refractivity contribution < 1.29 is 9.90 Å². The molecule has 1 N–H and O–H groups in total. The van der Waals surface area contributed by atoms with Crippen LogP contribution in [0.25, 0.3) is 0 Å². The number of hydrogen-bond donors (Lipinski definition) is 1. The Morgan fingerprint density at radius 3 is 2.36 bits per heavy atom. The fraction of sp³-hybridized carbons (Fsp3) is 0.875. The van der Waals surface area contributed by atoms with Gasteiger partial charge in [0, 0.05) is 0 Å². The molecule has 0 amide bonds. The second-order valence-corrected chi connectivity index (χ2v) is 2.74. The van der Waals surface area contributed by atoms with E-state index in [2.05, 4.69) is 6.92 Å². The lowest BCUT2D eigenvalue weighted by atomic mass is 10.0. The van der Waals surface area contributed by atoms with E-state index in [0.29, 0.717) is 0 Å². The van der Waals surface area contributed by atoms with Crippen LogP contribution in [0, 0.1) is 5.92 Å². The van der Waals surface area contributed by atoms with Crippen LogP contribution >= 0.6 is 12.4 Å². The minimum atomic E-state index is -0.670. The van der Waals surface area contributed by atoms with E-state index in [-0.39, 0.29) is 18.3 Å². The molecule has 1 unspecified atom stereocenters. The van der Waals surface area contributed by atoms with Crippen LogP contribution in [-0.4, -0.2) is 11.1 Å². The lowest BCUT2D eigenvalue weighted by Crippen LogP contribution is -2.08. The first-order valence-corrected chi connectivity index (χ1v) is 3.91. The van der Waals surface area contributed by atoms with Crippen molar-refractivity contribution in [3.05, 3.63) is 0 Å². The predicted molar refractivity (Wildman–Crippen MR) is 48.2 cm³/mol. The Bertz CT molecular complexity index is 104. The molecule has 0 saturated carbocycles. The second-order valence-electron chi connectivity index (χ2n) is 2.74. The van der Waals surface area contributed by atoms with Gasteiger partial charge in [-0.25, -0.2) is 0 Å². The topological polar surface area (TPSA) is 37.3 Å². The summed E-state index contributed by atoms with van der Waals surface area (Å²) < 4.78 is 0. The first-order valence-electron chi connectivity index (χ1n) is 3.91. The summed E-state index contributed by atoms with van der Waals surface area (Å²) in [6, 6.07) is 0. The maximum Gasteiger partial charge on any atom is 0.306 e. The van der Waals surface area contributed by atoms with Crippen molar-refractivity contribution in [3.8, 4) is 0 Å². The molecule has 68 valence electrons. The Kier molecular flexibility index (Phi) is 9.55. The van der Waals surface area contributed by atoms with Gasteiger partial charge in [0.15, 0.2) is 0 Å². The second kappa shape index (κ2) is 7.86. The van der Waals surface area contributed by atoms with Crippen LogP contribution < -0.4 is 0 Å². The number of aliphatic carboxylic acids is 1. The molecule has 2 nitrogen and oxygen atoms in total. The van der Waals surface area contributed by atoms with E-state index in [0.717, 1.165) is 25.7 Å². The molecule has 0 aliphatic rings. The van der Waals surface area contributed by atoms with Crippen LogP contribution in [0.2, 0.25) is 0 Å². The molecule has 0 aromatic carbocycles. The number of halogens is 1. The molecular formula is C8H17ClO2. The summed E-state index contributed by atoms with van der Waals surface area (Å²) >= 11 is 0. The fourth-order valence-electron chi connectivity index (χ4n) is 0.824. The third-order valence-electron chi connectivity index (χ3n) is 1.66. The smallest absolute Gasteiger partial charge is 0.306 e. The fourth-order valence-corrected chi connectivity index (χ4v) is 0.824. The van der Waals surface area contributed by atoms with E-state index in [1.165, 1.54) is 0 Å². The maximum absolute atomic E-state index is 10.3. The van der Waals surface area contributed by atoms with Gasteiger partial charge in [-0.1, -0.05) is 33.1 Å². The zero-order valence-corrected chi connectivity index (χ0v) is 7.99. The van der Waals surface area contributed by atoms with Gasteiger partial charge in [-0.15, -0.1) is 12.4 Å². The number of hydrogen-bond acceptors (Lipinski definition) is 1. The summed E-state index contributed by atoms with van der Waals surface area (Å²) in [5, 5.41) is 8.48. The van der Waals surface area contributed by atoms with Crippen molar-refractivity contribution >= 4 is 18.4 Å². The van der Waals surface area contributed by atoms with E-state index in [9.17, 15) is 4.79 Å². The zero-order chi connectivity index (χ0) is 7.98. The Morgan fingerprint density at radius 1 is 1.45 bits per heavy atom. The summed E-state index contributed by atoms with van der Waals surface area (Å²) in [5.74, 6) is -0.831. The van der Waals surface area contributed by atoms with E-state index in [1.807, 2.05) is 0 Å². The van der Waals surface area contributed by atoms with E-state index in [4.69, 9.17) is 5.11 Å². The zero-order valence-electron chi connectivity index (χ0n) is 7.17. The van der Waals surface area contributed by atoms with Gasteiger partial charge in [-0.3, -0.25) is 4.79 Å². The highest BCUT2D eigenvalue weighted by atomic mass is 35.5. The average Bonchev–Trinajstić information content (AvgIpc) is 1.88. The van der Waals surface area contributed by atoms with Gasteiger partial charge in [0.25, 0.3) is 0 Å². The van der Waals surface area contributed by atoms with Gasteiger partial charge in [0.1, 0.15) is 0 Å². The normalized spacial score (nSPS) is 11.8. The first kappa shape index (κ1) is 13.4. The standard InChI is InChI=1S/C8H16O2.ClH/c1-3-4-5-6-7(2)8(9)10;/h7H,3-6H2,1-2H3,(H,9,10);1H. The number of carbonyl (C=O) groups is 1. The minimum Gasteiger partial charge on any atom is -0.481 e. The molecule has 0 aromatic heterocycles. The lowest BCUT2D eigenvalue weighted by molar-refractivity contribution is -0.141. The van der Waals surface area contributed by atoms with Gasteiger partial charge >= 0.3 is 5.97 Å². The van der Waals surface area contributed by atoms with Gasteiger partial charge in [-0.2, -0.15) is 0 Å². The molecule has 0 radical (unpaired) electrons. The molecule has 0 rings (SSSR count). The number of carboxylic acid groups (broad SMARTS) is 1. The summed E-state index contributed by atoms with van der Waals surface area (Å²) in [6.07, 6.45) is 4.18. The van der Waals surface area contributed by atoms with Crippen molar-refractivity contribution in [2.75, 3.05) is 0 Å². The van der Waals surface area contributed by atoms with Crippen LogP contribution in [0.15, 0.2) is 0 Å². The molecule has 0 heterocycles. The molecule has 0 saturated heterocycles. The Labute approximate surface area is 74.4 Å². The first-order chi connectivity index (χ1) is 4.68. The van der Waals surface area contributed by atoms with E-state index < -0.39 is 5.97 Å². The molecule has 0 bridgehead atoms.